The summed E-state index contributed by atoms with van der Waals surface area (Å²) in [4.78, 5) is 25.6. The summed E-state index contributed by atoms with van der Waals surface area (Å²) >= 11 is 0. The fourth-order valence-electron chi connectivity index (χ4n) is 7.60. The molecular weight excluding hydrogens is 707 g/mol. The molecule has 0 N–H and O–H groups in total. The van der Waals surface area contributed by atoms with Gasteiger partial charge in [0.25, 0.3) is 0 Å². The number of nitrogens with zero attached hydrogens (tertiary/aromatic N) is 5. The highest BCUT2D eigenvalue weighted by Crippen LogP contribution is 2.39. The van der Waals surface area contributed by atoms with E-state index in [1.54, 1.807) is 0 Å². The Labute approximate surface area is 339 Å². The van der Waals surface area contributed by atoms with E-state index >= 15 is 0 Å². The molecule has 6 aromatic carbocycles. The zero-order valence-corrected chi connectivity index (χ0v) is 32.6. The molecule has 0 aliphatic rings. The minimum atomic E-state index is 0.649. The minimum Gasteiger partial charge on any atom is -0.256 e. The van der Waals surface area contributed by atoms with Crippen LogP contribution in [0.25, 0.3) is 95.3 Å². The second-order valence-corrected chi connectivity index (χ2v) is 14.3. The first-order chi connectivity index (χ1) is 28.6. The van der Waals surface area contributed by atoms with Gasteiger partial charge in [0.2, 0.25) is 0 Å². The van der Waals surface area contributed by atoms with Crippen molar-refractivity contribution in [2.75, 3.05) is 0 Å². The highest BCUT2D eigenvalue weighted by molar-refractivity contribution is 6.05. The largest absolute Gasteiger partial charge is 0.256 e. The summed E-state index contributed by atoms with van der Waals surface area (Å²) in [5.41, 5.74) is 15.7. The molecule has 58 heavy (non-hydrogen) atoms. The van der Waals surface area contributed by atoms with Crippen molar-refractivity contribution in [3.63, 3.8) is 0 Å². The maximum absolute atomic E-state index is 5.33. The van der Waals surface area contributed by atoms with Crippen molar-refractivity contribution in [1.82, 2.24) is 19.9 Å². The lowest BCUT2D eigenvalue weighted by Gasteiger charge is -2.15. The fraction of sp³-hybridized carbons (Fsp3) is 0.0755. The van der Waals surface area contributed by atoms with E-state index in [1.165, 1.54) is 0 Å². The smallest absolute Gasteiger partial charge is 0.160 e. The topological polar surface area (TPSA) is 63.9 Å². The van der Waals surface area contributed by atoms with Gasteiger partial charge in [-0.1, -0.05) is 166 Å². The lowest BCUT2D eigenvalue weighted by molar-refractivity contribution is 1.15. The summed E-state index contributed by atoms with van der Waals surface area (Å²) in [7, 11) is 0. The van der Waals surface area contributed by atoms with Crippen molar-refractivity contribution in [3.05, 3.63) is 182 Å². The number of benzene rings is 6. The standard InChI is InChI=1S/C53H41N5/c1-4-35-29-30-45-46(36-16-9-7-10-17-36)33-47(56-52(45)51(35)55-43(5-2)6-3)38-25-27-40(28-26-38)53-57-48(37-18-11-8-12-19-37)34-49(58-53)42-22-13-21-41(32-42)44-24-14-20-39-23-15-31-54-50(39)44/h4,7-34H,1,5-6H2,2-3H3. The highest BCUT2D eigenvalue weighted by atomic mass is 14.9. The normalized spacial score (nSPS) is 11.1. The van der Waals surface area contributed by atoms with Crippen LogP contribution in [0.5, 0.6) is 0 Å². The monoisotopic (exact) mass is 747 g/mol. The van der Waals surface area contributed by atoms with Crippen LogP contribution in [0.2, 0.25) is 0 Å². The van der Waals surface area contributed by atoms with Gasteiger partial charge < -0.3 is 0 Å². The van der Waals surface area contributed by atoms with E-state index < -0.39 is 0 Å². The van der Waals surface area contributed by atoms with E-state index in [2.05, 4.69) is 154 Å². The Kier molecular flexibility index (Phi) is 10.0. The van der Waals surface area contributed by atoms with Gasteiger partial charge in [0.15, 0.2) is 5.82 Å². The molecule has 0 saturated heterocycles. The molecule has 0 amide bonds. The first-order valence-corrected chi connectivity index (χ1v) is 19.8. The Bertz CT molecular complexity index is 2960. The van der Waals surface area contributed by atoms with Crippen molar-refractivity contribution >= 4 is 39.3 Å². The number of hydrogen-bond acceptors (Lipinski definition) is 5. The third-order valence-corrected chi connectivity index (χ3v) is 10.7. The Hall–Kier alpha value is -7.37. The molecule has 3 aromatic heterocycles. The van der Waals surface area contributed by atoms with Crippen LogP contribution in [0.3, 0.4) is 0 Å². The second kappa shape index (κ2) is 16.0. The Balaban J connectivity index is 1.16. The van der Waals surface area contributed by atoms with Gasteiger partial charge in [-0.3, -0.25) is 9.98 Å². The number of aliphatic imine (C=N–C) groups is 1. The van der Waals surface area contributed by atoms with Gasteiger partial charge in [-0.05, 0) is 53.8 Å². The van der Waals surface area contributed by atoms with Gasteiger partial charge in [-0.25, -0.2) is 15.0 Å². The fourth-order valence-corrected chi connectivity index (χ4v) is 7.60. The van der Waals surface area contributed by atoms with Gasteiger partial charge in [0, 0.05) is 56.1 Å². The average molecular weight is 748 g/mol. The van der Waals surface area contributed by atoms with E-state index in [-0.39, 0.29) is 0 Å². The number of hydrogen-bond donors (Lipinski definition) is 0. The highest BCUT2D eigenvalue weighted by Gasteiger charge is 2.17. The number of pyridine rings is 2. The lowest BCUT2D eigenvalue weighted by Crippen LogP contribution is -1.97. The van der Waals surface area contributed by atoms with E-state index in [0.717, 1.165) is 113 Å². The van der Waals surface area contributed by atoms with Gasteiger partial charge in [-0.2, -0.15) is 0 Å². The molecule has 278 valence electrons. The number of para-hydroxylation sites is 1. The Morgan fingerprint density at radius 2 is 1.14 bits per heavy atom. The lowest BCUT2D eigenvalue weighted by atomic mass is 9.96. The summed E-state index contributed by atoms with van der Waals surface area (Å²) in [5.74, 6) is 0.649. The SMILES string of the molecule is C=Cc1ccc2c(-c3ccccc3)cc(-c3ccc(-c4nc(-c5ccccc5)cc(-c5cccc(-c6cccc7cccnc67)c5)n4)cc3)nc2c1N=C(CC)CC. The molecule has 0 saturated carbocycles. The Morgan fingerprint density at radius 3 is 1.88 bits per heavy atom. The van der Waals surface area contributed by atoms with Crippen LogP contribution in [-0.4, -0.2) is 25.6 Å². The maximum atomic E-state index is 5.33. The van der Waals surface area contributed by atoms with E-state index in [9.17, 15) is 0 Å². The molecule has 9 rings (SSSR count). The zero-order valence-electron chi connectivity index (χ0n) is 32.6. The molecule has 5 heteroatoms. The maximum Gasteiger partial charge on any atom is 0.160 e. The van der Waals surface area contributed by atoms with Gasteiger partial charge in [-0.15, -0.1) is 0 Å². The third kappa shape index (κ3) is 7.10. The van der Waals surface area contributed by atoms with Crippen molar-refractivity contribution in [2.45, 2.75) is 26.7 Å². The summed E-state index contributed by atoms with van der Waals surface area (Å²) in [6.07, 6.45) is 5.47. The van der Waals surface area contributed by atoms with E-state index in [1.807, 2.05) is 42.6 Å². The summed E-state index contributed by atoms with van der Waals surface area (Å²) in [6, 6.07) is 56.7. The van der Waals surface area contributed by atoms with Crippen molar-refractivity contribution < 1.29 is 0 Å². The molecule has 0 atom stereocenters. The van der Waals surface area contributed by atoms with Gasteiger partial charge in [0.1, 0.15) is 0 Å². The molecule has 0 spiro atoms. The quantitative estimate of drug-likeness (QED) is 0.131. The molecule has 0 radical (unpaired) electrons. The molecule has 5 nitrogen and oxygen atoms in total. The average Bonchev–Trinajstić information content (AvgIpc) is 3.30. The number of aromatic nitrogens is 4. The van der Waals surface area contributed by atoms with Crippen molar-refractivity contribution in [2.24, 2.45) is 4.99 Å². The molecule has 0 bridgehead atoms. The molecule has 0 unspecified atom stereocenters. The van der Waals surface area contributed by atoms with E-state index in [4.69, 9.17) is 24.9 Å². The number of fused-ring (bicyclic) bond motifs is 2. The zero-order chi connectivity index (χ0) is 39.4. The van der Waals surface area contributed by atoms with Crippen LogP contribution >= 0.6 is 0 Å². The second-order valence-electron chi connectivity index (χ2n) is 14.3. The molecule has 0 aliphatic carbocycles. The van der Waals surface area contributed by atoms with Crippen LogP contribution in [0.15, 0.2) is 182 Å². The van der Waals surface area contributed by atoms with Crippen LogP contribution in [0.1, 0.15) is 32.3 Å². The Morgan fingerprint density at radius 1 is 0.517 bits per heavy atom. The first-order valence-electron chi connectivity index (χ1n) is 19.8. The summed E-state index contributed by atoms with van der Waals surface area (Å²) in [5, 5.41) is 2.17. The molecule has 3 heterocycles. The minimum absolute atomic E-state index is 0.649. The first kappa shape index (κ1) is 36.3. The molecule has 9 aromatic rings. The third-order valence-electron chi connectivity index (χ3n) is 10.7. The van der Waals surface area contributed by atoms with Crippen molar-refractivity contribution in [1.29, 1.82) is 0 Å². The predicted octanol–water partition coefficient (Wildman–Crippen LogP) is 14.1. The van der Waals surface area contributed by atoms with Gasteiger partial charge >= 0.3 is 0 Å². The van der Waals surface area contributed by atoms with Gasteiger partial charge in [0.05, 0.1) is 33.8 Å². The van der Waals surface area contributed by atoms with Crippen LogP contribution in [-0.2, 0) is 0 Å². The molecular formula is C53H41N5. The molecule has 0 aliphatic heterocycles. The van der Waals surface area contributed by atoms with E-state index in [0.29, 0.717) is 5.82 Å². The van der Waals surface area contributed by atoms with Crippen LogP contribution < -0.4 is 0 Å². The van der Waals surface area contributed by atoms with Crippen LogP contribution in [0.4, 0.5) is 5.69 Å². The number of rotatable bonds is 10. The molecule has 0 fully saturated rings. The van der Waals surface area contributed by atoms with Crippen molar-refractivity contribution in [3.8, 4) is 67.4 Å². The summed E-state index contributed by atoms with van der Waals surface area (Å²) in [6.45, 7) is 8.43. The predicted molar refractivity (Wildman–Crippen MR) is 243 cm³/mol. The van der Waals surface area contributed by atoms with Crippen LogP contribution in [0, 0.1) is 0 Å². The summed E-state index contributed by atoms with van der Waals surface area (Å²) < 4.78 is 0.